The van der Waals surface area contributed by atoms with Crippen molar-refractivity contribution in [2.24, 2.45) is 5.14 Å². The largest absolute Gasteiger partial charge is 0.551 e. The molecule has 0 fully saturated rings. The van der Waals surface area contributed by atoms with Crippen molar-refractivity contribution in [3.8, 4) is 0 Å². The van der Waals surface area contributed by atoms with Gasteiger partial charge < -0.3 is 5.14 Å². The Balaban J connectivity index is -0.0000000800. The standard InChI is InChI=1S/H3N2O2S.Re.Rf/c1-5(2,3)4;;/h(H3-,1,2,3,4);;/q-1;;. The van der Waals surface area contributed by atoms with Crippen molar-refractivity contribution in [3.05, 3.63) is 5.14 Å². The van der Waals surface area contributed by atoms with Crippen LogP contribution in [0.4, 0.5) is 0 Å². The molecule has 0 saturated carbocycles. The van der Waals surface area contributed by atoms with Crippen molar-refractivity contribution < 1.29 is 28.8 Å². The van der Waals surface area contributed by atoms with Gasteiger partial charge >= 0.3 is 0 Å². The predicted molar refractivity (Wildman–Crippen MR) is 17.4 cm³/mol. The maximum atomic E-state index is 9.08. The van der Waals surface area contributed by atoms with Crippen LogP contribution in [-0.2, 0) is 30.6 Å². The van der Waals surface area contributed by atoms with E-state index in [1.54, 1.807) is 0 Å². The molecule has 0 aromatic rings. The van der Waals surface area contributed by atoms with Gasteiger partial charge in [0, 0.05) is 20.4 Å². The molecule has 1 radical (unpaired) electrons. The first kappa shape index (κ1) is 16.0. The van der Waals surface area contributed by atoms with Gasteiger partial charge in [-0.15, -0.1) is 0 Å². The van der Waals surface area contributed by atoms with Crippen LogP contribution in [0.25, 0.3) is 5.14 Å². The van der Waals surface area contributed by atoms with Gasteiger partial charge in [0.25, 0.3) is 0 Å². The van der Waals surface area contributed by atoms with Crippen LogP contribution in [0.5, 0.6) is 0 Å². The van der Waals surface area contributed by atoms with Crippen molar-refractivity contribution in [1.29, 1.82) is 0 Å². The summed E-state index contributed by atoms with van der Waals surface area (Å²) in [7, 11) is -3.92. The molecular formula is H3N2O2ReRfS-. The molecule has 0 saturated heterocycles. The van der Waals surface area contributed by atoms with Crippen LogP contribution in [0.15, 0.2) is 0 Å². The van der Waals surface area contributed by atoms with Gasteiger partial charge in [-0.25, -0.2) is 13.6 Å². The van der Waals surface area contributed by atoms with Crippen LogP contribution < -0.4 is 5.14 Å². The Morgan fingerprint density at radius 1 is 1.43 bits per heavy atom. The zero-order chi connectivity index (χ0) is 4.50. The van der Waals surface area contributed by atoms with Gasteiger partial charge in [-0.2, -0.15) is 0 Å². The number of hydrogen-bond donors (Lipinski definition) is 1. The second-order valence-corrected chi connectivity index (χ2v) is 1.64. The summed E-state index contributed by atoms with van der Waals surface area (Å²) in [4.78, 5) is 0. The minimum atomic E-state index is -3.92. The molecule has 0 bridgehead atoms. The summed E-state index contributed by atoms with van der Waals surface area (Å²) >= 11 is 0. The summed E-state index contributed by atoms with van der Waals surface area (Å²) < 4.78 is 18.2. The summed E-state index contributed by atoms with van der Waals surface area (Å²) in [6, 6.07) is 0. The fourth-order valence-corrected chi connectivity index (χ4v) is 0. The SMILES string of the molecule is [NH-]S(N)(=O)=O.[Re].[Rf]. The molecule has 0 amide bonds. The van der Waals surface area contributed by atoms with Gasteiger partial charge in [0.2, 0.25) is 0 Å². The van der Waals surface area contributed by atoms with E-state index in [1.165, 1.54) is 0 Å². The van der Waals surface area contributed by atoms with E-state index < -0.39 is 10.2 Å². The first-order valence-electron chi connectivity index (χ1n) is 0.773. The van der Waals surface area contributed by atoms with Gasteiger partial charge in [-0.3, -0.25) is 0 Å². The first-order valence-corrected chi connectivity index (χ1v) is 2.32. The first-order chi connectivity index (χ1) is 2.00. The Morgan fingerprint density at radius 2 is 1.43 bits per heavy atom. The maximum Gasteiger partial charge on any atom is 0.129 e. The summed E-state index contributed by atoms with van der Waals surface area (Å²) in [6.07, 6.45) is 0. The Labute approximate surface area is 49.7 Å². The molecule has 0 spiro atoms. The second-order valence-electron chi connectivity index (χ2n) is 0.545. The molecule has 0 heterocycles. The summed E-state index contributed by atoms with van der Waals surface area (Å²) in [5, 5.41) is 9.68. The van der Waals surface area contributed by atoms with Crippen LogP contribution >= 0.6 is 0 Å². The molecule has 41 valence electrons. The third-order valence-electron chi connectivity index (χ3n) is 0. The average molecular weight is 548 g/mol. The molecule has 0 aromatic carbocycles. The Morgan fingerprint density at radius 3 is 1.43 bits per heavy atom. The normalized spacial score (nSPS) is 8.29. The average Bonchev–Trinajstić information content (AvgIpc) is 0.722. The van der Waals surface area contributed by atoms with E-state index in [2.05, 4.69) is 5.14 Å². The Kier molecular flexibility index (Phi) is 8.50. The topological polar surface area (TPSA) is 84.0 Å². The molecule has 0 rings (SSSR count). The molecule has 0 aromatic heterocycles. The zero-order valence-corrected chi connectivity index (χ0v) is 13.3. The van der Waals surface area contributed by atoms with Crippen LogP contribution in [0, 0.1) is 0 Å². The molecule has 7 heavy (non-hydrogen) atoms. The Hall–Kier alpha value is -0.468. The van der Waals surface area contributed by atoms with Gasteiger partial charge in [-0.1, -0.05) is 0 Å². The predicted octanol–water partition coefficient (Wildman–Crippen LogP) is -0.760. The van der Waals surface area contributed by atoms with Crippen LogP contribution in [0.1, 0.15) is 0 Å². The molecular weight excluding hydrogens is 545 g/mol. The molecule has 0 aliphatic heterocycles. The molecule has 0 aliphatic carbocycles. The van der Waals surface area contributed by atoms with Crippen LogP contribution in [0.2, 0.25) is 0 Å². The summed E-state index contributed by atoms with van der Waals surface area (Å²) in [6.45, 7) is 0. The minimum Gasteiger partial charge on any atom is -0.551 e. The second kappa shape index (κ2) is 3.71. The van der Waals surface area contributed by atoms with Gasteiger partial charge in [-0.05, 0) is 0 Å². The van der Waals surface area contributed by atoms with Gasteiger partial charge in [0.05, 0.1) is 0 Å². The van der Waals surface area contributed by atoms with Crippen LogP contribution in [-0.4, -0.2) is 8.42 Å². The van der Waals surface area contributed by atoms with E-state index in [4.69, 9.17) is 13.6 Å². The number of hydrogen-bond acceptors (Lipinski definition) is 2. The van der Waals surface area contributed by atoms with E-state index in [0.29, 0.717) is 0 Å². The summed E-state index contributed by atoms with van der Waals surface area (Å²) in [5.41, 5.74) is 0. The van der Waals surface area contributed by atoms with Crippen molar-refractivity contribution >= 4 is 10.2 Å². The van der Waals surface area contributed by atoms with E-state index in [1.807, 2.05) is 0 Å². The molecule has 0 unspecified atom stereocenters. The van der Waals surface area contributed by atoms with Crippen molar-refractivity contribution in [3.63, 3.8) is 0 Å². The molecule has 4 nitrogen and oxygen atoms in total. The summed E-state index contributed by atoms with van der Waals surface area (Å²) in [5.74, 6) is 0. The van der Waals surface area contributed by atoms with E-state index in [0.717, 1.165) is 0 Å². The van der Waals surface area contributed by atoms with Gasteiger partial charge in [0.15, 0.2) is 0 Å². The van der Waals surface area contributed by atoms with E-state index in [-0.39, 0.29) is 20.4 Å². The minimum absolute atomic E-state index is 0. The molecule has 0 aliphatic rings. The third kappa shape index (κ3) is 316. The van der Waals surface area contributed by atoms with Gasteiger partial charge in [0.1, 0.15) is 10.2 Å². The zero-order valence-electron chi connectivity index (χ0n) is 3.39. The Bertz CT molecular complexity index is 98.9. The maximum absolute atomic E-state index is 9.08. The van der Waals surface area contributed by atoms with E-state index >= 15 is 0 Å². The molecule has 3 N–H and O–H groups in total. The van der Waals surface area contributed by atoms with Crippen LogP contribution in [0.3, 0.4) is 0 Å². The smallest absolute Gasteiger partial charge is 0.129 e. The number of nitrogens with one attached hydrogen (secondary N) is 1. The molecule has 7 heteroatoms. The van der Waals surface area contributed by atoms with Crippen molar-refractivity contribution in [2.45, 2.75) is 0 Å². The monoisotopic (exact) mass is 549 g/mol. The third-order valence-corrected chi connectivity index (χ3v) is 0. The van der Waals surface area contributed by atoms with Crippen molar-refractivity contribution in [1.82, 2.24) is 0 Å². The van der Waals surface area contributed by atoms with Crippen molar-refractivity contribution in [2.75, 3.05) is 0 Å². The fraction of sp³-hybridized carbons (Fsp3) is 0. The molecule has 0 atom stereocenters. The number of nitrogens with two attached hydrogens (primary N) is 1. The number of rotatable bonds is 0. The fourth-order valence-electron chi connectivity index (χ4n) is 0. The van der Waals surface area contributed by atoms with E-state index in [9.17, 15) is 0 Å². The quantitative estimate of drug-likeness (QED) is 0.432.